The van der Waals surface area contributed by atoms with E-state index in [2.05, 4.69) is 42.5 Å². The zero-order valence-corrected chi connectivity index (χ0v) is 45.1. The molecule has 0 spiro atoms. The van der Waals surface area contributed by atoms with Crippen molar-refractivity contribution in [3.63, 3.8) is 0 Å². The van der Waals surface area contributed by atoms with E-state index < -0.39 is 145 Å². The lowest BCUT2D eigenvalue weighted by atomic mass is 9.96. The van der Waals surface area contributed by atoms with Crippen LogP contribution < -0.4 is 71.2 Å². The van der Waals surface area contributed by atoms with Crippen LogP contribution in [-0.4, -0.2) is 154 Å². The van der Waals surface area contributed by atoms with Gasteiger partial charge in [0.05, 0.1) is 25.5 Å². The number of hydrogen-bond acceptors (Lipinski definition) is 16. The molecule has 27 nitrogen and oxygen atoms in total. The van der Waals surface area contributed by atoms with Gasteiger partial charge in [-0.3, -0.25) is 47.9 Å². The third-order valence-electron chi connectivity index (χ3n) is 12.2. The number of nitrogens with two attached hydrogens (primary N) is 5. The number of amides is 10. The number of primary amides is 2. The number of rotatable bonds is 38. The highest BCUT2D eigenvalue weighted by molar-refractivity contribution is 5.99. The number of benzene rings is 1. The maximum absolute atomic E-state index is 14.3. The van der Waals surface area contributed by atoms with Gasteiger partial charge in [0.1, 0.15) is 54.1 Å². The van der Waals surface area contributed by atoms with E-state index >= 15 is 0 Å². The van der Waals surface area contributed by atoms with Gasteiger partial charge < -0.3 is 86.5 Å². The molecule has 0 heterocycles. The molecular formula is C50H85N13O14. The zero-order valence-electron chi connectivity index (χ0n) is 45.1. The maximum atomic E-state index is 14.3. The summed E-state index contributed by atoms with van der Waals surface area (Å²) in [5.74, 6) is -12.3. The van der Waals surface area contributed by atoms with Crippen molar-refractivity contribution in [2.24, 2.45) is 46.4 Å². The number of aliphatic hydroxyl groups is 1. The van der Waals surface area contributed by atoms with Crippen LogP contribution >= 0.6 is 0 Å². The minimum absolute atomic E-state index is 0.00733. The SMILES string of the molecule is CC[C@H](C)[C@H](NC(=O)[C@H](CO)NC(=O)[C@H](CC(N)=O)NC(=O)[C@H](CC(C)C)NC(=O)[C@H](Cc1ccc(O)cc1)NC(=O)[C@H](CCCCN)NC(=O)[C@@H](N)CCCCN)C(=O)N[C@@H](CC(C)C)C(=O)N[C@@H](CC(N)=O)C(=O)O. The fraction of sp³-hybridized carbons (Fsp3) is 0.660. The van der Waals surface area contributed by atoms with Crippen molar-refractivity contribution >= 4 is 65.0 Å². The van der Waals surface area contributed by atoms with Crippen LogP contribution in [0.4, 0.5) is 0 Å². The first-order valence-corrected chi connectivity index (χ1v) is 25.9. The molecule has 10 atom stereocenters. The van der Waals surface area contributed by atoms with Crippen molar-refractivity contribution in [3.05, 3.63) is 29.8 Å². The number of aliphatic carboxylic acids is 1. The first-order valence-electron chi connectivity index (χ1n) is 25.9. The molecule has 1 aromatic rings. The minimum Gasteiger partial charge on any atom is -0.508 e. The van der Waals surface area contributed by atoms with Crippen LogP contribution in [0.3, 0.4) is 0 Å². The number of aromatic hydroxyl groups is 1. The van der Waals surface area contributed by atoms with Crippen molar-refractivity contribution in [1.82, 2.24) is 42.5 Å². The van der Waals surface area contributed by atoms with E-state index in [0.29, 0.717) is 50.8 Å². The van der Waals surface area contributed by atoms with E-state index in [1.54, 1.807) is 41.5 Å². The Labute approximate surface area is 449 Å². The fourth-order valence-electron chi connectivity index (χ4n) is 7.75. The van der Waals surface area contributed by atoms with Crippen LogP contribution in [0.5, 0.6) is 5.75 Å². The van der Waals surface area contributed by atoms with Gasteiger partial charge in [0.15, 0.2) is 0 Å². The van der Waals surface area contributed by atoms with E-state index in [0.717, 1.165) is 0 Å². The van der Waals surface area contributed by atoms with Crippen molar-refractivity contribution in [1.29, 1.82) is 0 Å². The summed E-state index contributed by atoms with van der Waals surface area (Å²) in [6, 6.07) is -7.33. The van der Waals surface area contributed by atoms with Crippen molar-refractivity contribution in [2.75, 3.05) is 19.7 Å². The molecule has 21 N–H and O–H groups in total. The Balaban J connectivity index is 3.49. The third kappa shape index (κ3) is 26.1. The standard InChI is InChI=1S/C50H85N13O14/c1-7-28(6)41(49(75)60-34(21-27(4)5)45(71)61-37(50(76)77)24-40(55)67)63-48(74)38(25-64)62-47(73)36(23-39(54)66)59-44(70)33(20-26(2)3)57-46(72)35(22-29-14-16-30(65)17-15-29)58-43(69)32(13-9-11-19-52)56-42(68)31(53)12-8-10-18-51/h14-17,26-28,31-38,41,64-65H,7-13,18-25,51-53H2,1-6H3,(H2,54,66)(H2,55,67)(H,56,68)(H,57,72)(H,58,69)(H,59,70)(H,60,75)(H,61,71)(H,62,73)(H,63,74)(H,76,77)/t28-,31-,32-,33-,34-,35-,36-,37-,38-,41-/m0/s1. The number of phenolic OH excluding ortho intramolecular Hbond substituents is 1. The highest BCUT2D eigenvalue weighted by atomic mass is 16.4. The van der Waals surface area contributed by atoms with Crippen LogP contribution in [0.2, 0.25) is 0 Å². The summed E-state index contributed by atoms with van der Waals surface area (Å²) in [7, 11) is 0. The van der Waals surface area contributed by atoms with Crippen molar-refractivity contribution in [2.45, 2.75) is 173 Å². The zero-order chi connectivity index (χ0) is 58.5. The predicted octanol–water partition coefficient (Wildman–Crippen LogP) is -3.64. The minimum atomic E-state index is -1.82. The summed E-state index contributed by atoms with van der Waals surface area (Å²) >= 11 is 0. The van der Waals surface area contributed by atoms with Crippen LogP contribution in [0.1, 0.15) is 118 Å². The van der Waals surface area contributed by atoms with Crippen LogP contribution in [0, 0.1) is 17.8 Å². The second kappa shape index (κ2) is 35.4. The van der Waals surface area contributed by atoms with Crippen molar-refractivity contribution in [3.8, 4) is 5.75 Å². The van der Waals surface area contributed by atoms with Gasteiger partial charge in [0.2, 0.25) is 59.1 Å². The predicted molar refractivity (Wildman–Crippen MR) is 282 cm³/mol. The van der Waals surface area contributed by atoms with Gasteiger partial charge in [-0.05, 0) is 93.5 Å². The number of aliphatic hydroxyl groups excluding tert-OH is 1. The monoisotopic (exact) mass is 1090 g/mol. The van der Waals surface area contributed by atoms with E-state index in [1.807, 2.05) is 0 Å². The molecule has 0 saturated heterocycles. The Morgan fingerprint density at radius 1 is 0.506 bits per heavy atom. The Bertz CT molecular complexity index is 2130. The molecule has 434 valence electrons. The fourth-order valence-corrected chi connectivity index (χ4v) is 7.75. The van der Waals surface area contributed by atoms with Crippen LogP contribution in [-0.2, 0) is 59.2 Å². The molecule has 0 unspecified atom stereocenters. The molecule has 10 amide bonds. The summed E-state index contributed by atoms with van der Waals surface area (Å²) in [6.07, 6.45) is 1.03. The number of carbonyl (C=O) groups excluding carboxylic acids is 10. The number of carbonyl (C=O) groups is 11. The van der Waals surface area contributed by atoms with Gasteiger partial charge in [0, 0.05) is 6.42 Å². The number of hydrogen-bond donors (Lipinski definition) is 16. The van der Waals surface area contributed by atoms with Crippen molar-refractivity contribution < 1.29 is 68.1 Å². The molecule has 0 saturated carbocycles. The Kier molecular flexibility index (Phi) is 31.3. The number of carboxylic acids is 1. The number of nitrogens with one attached hydrogen (secondary N) is 8. The van der Waals surface area contributed by atoms with Crippen LogP contribution in [0.25, 0.3) is 0 Å². The first kappa shape index (κ1) is 68.0. The van der Waals surface area contributed by atoms with Gasteiger partial charge in [-0.2, -0.15) is 0 Å². The molecule has 77 heavy (non-hydrogen) atoms. The average molecular weight is 1090 g/mol. The Morgan fingerprint density at radius 2 is 0.909 bits per heavy atom. The highest BCUT2D eigenvalue weighted by Crippen LogP contribution is 2.15. The molecule has 0 aromatic heterocycles. The topological polar surface area (TPSA) is 475 Å². The largest absolute Gasteiger partial charge is 0.508 e. The average Bonchev–Trinajstić information content (AvgIpc) is 3.35. The normalized spacial score (nSPS) is 15.1. The van der Waals surface area contributed by atoms with E-state index in [4.69, 9.17) is 28.7 Å². The lowest BCUT2D eigenvalue weighted by molar-refractivity contribution is -0.144. The maximum Gasteiger partial charge on any atom is 0.326 e. The second-order valence-corrected chi connectivity index (χ2v) is 20.0. The van der Waals surface area contributed by atoms with E-state index in [1.165, 1.54) is 24.3 Å². The Hall–Kier alpha value is -6.97. The Morgan fingerprint density at radius 3 is 1.39 bits per heavy atom. The molecule has 27 heteroatoms. The molecule has 1 aromatic carbocycles. The second-order valence-electron chi connectivity index (χ2n) is 20.0. The lowest BCUT2D eigenvalue weighted by Gasteiger charge is -2.29. The number of unbranched alkanes of at least 4 members (excludes halogenated alkanes) is 2. The molecule has 1 rings (SSSR count). The number of phenols is 1. The van der Waals surface area contributed by atoms with Crippen LogP contribution in [0.15, 0.2) is 24.3 Å². The van der Waals surface area contributed by atoms with Gasteiger partial charge >= 0.3 is 5.97 Å². The quantitative estimate of drug-likeness (QED) is 0.0284. The molecule has 0 radical (unpaired) electrons. The summed E-state index contributed by atoms with van der Waals surface area (Å²) in [6.45, 7) is 9.80. The summed E-state index contributed by atoms with van der Waals surface area (Å²) < 4.78 is 0. The number of carboxylic acid groups (broad SMARTS) is 1. The van der Waals surface area contributed by atoms with E-state index in [9.17, 15) is 68.1 Å². The van der Waals surface area contributed by atoms with Gasteiger partial charge in [-0.1, -0.05) is 66.5 Å². The molecule has 0 aliphatic heterocycles. The van der Waals surface area contributed by atoms with Gasteiger partial charge in [0.25, 0.3) is 0 Å². The lowest BCUT2D eigenvalue weighted by Crippen LogP contribution is -2.62. The molecular weight excluding hydrogens is 1010 g/mol. The third-order valence-corrected chi connectivity index (χ3v) is 12.2. The summed E-state index contributed by atoms with van der Waals surface area (Å²) in [5, 5.41) is 49.6. The highest BCUT2D eigenvalue weighted by Gasteiger charge is 2.37. The molecule has 0 bridgehead atoms. The molecule has 0 aliphatic carbocycles. The van der Waals surface area contributed by atoms with Gasteiger partial charge in [-0.15, -0.1) is 0 Å². The summed E-state index contributed by atoms with van der Waals surface area (Å²) in [5.41, 5.74) is 28.5. The molecule has 0 aliphatic rings. The van der Waals surface area contributed by atoms with E-state index in [-0.39, 0.29) is 49.7 Å². The molecule has 0 fully saturated rings. The van der Waals surface area contributed by atoms with Gasteiger partial charge in [-0.25, -0.2) is 4.79 Å². The summed E-state index contributed by atoms with van der Waals surface area (Å²) in [4.78, 5) is 146. The smallest absolute Gasteiger partial charge is 0.326 e. The first-order chi connectivity index (χ1) is 36.2.